The number of pyridine rings is 1. The van der Waals surface area contributed by atoms with E-state index in [0.29, 0.717) is 18.1 Å². The second kappa shape index (κ2) is 6.00. The molecule has 0 unspecified atom stereocenters. The van der Waals surface area contributed by atoms with Crippen LogP contribution in [0.3, 0.4) is 0 Å². The molecule has 6 heteroatoms. The van der Waals surface area contributed by atoms with Gasteiger partial charge in [0.2, 0.25) is 0 Å². The van der Waals surface area contributed by atoms with Crippen LogP contribution in [0.15, 0.2) is 36.5 Å². The van der Waals surface area contributed by atoms with Gasteiger partial charge in [-0.2, -0.15) is 0 Å². The van der Waals surface area contributed by atoms with E-state index in [0.717, 1.165) is 6.20 Å². The number of hydrogen-bond donors (Lipinski definition) is 2. The van der Waals surface area contributed by atoms with Gasteiger partial charge in [0.1, 0.15) is 0 Å². The fourth-order valence-electron chi connectivity index (χ4n) is 1.18. The van der Waals surface area contributed by atoms with Crippen molar-refractivity contribution in [3.05, 3.63) is 46.7 Å². The lowest BCUT2D eigenvalue weighted by Gasteiger charge is -2.20. The van der Waals surface area contributed by atoms with Gasteiger partial charge in [0.15, 0.2) is 5.82 Å². The van der Waals surface area contributed by atoms with Crippen LogP contribution in [0.25, 0.3) is 0 Å². The third-order valence-electron chi connectivity index (χ3n) is 1.98. The normalized spacial score (nSPS) is 12.1. The topological polar surface area (TPSA) is 80.1 Å². The first kappa shape index (κ1) is 14.0. The molecule has 1 aromatic rings. The van der Waals surface area contributed by atoms with Gasteiger partial charge in [-0.25, -0.2) is 0 Å². The molecule has 0 fully saturated rings. The average molecular weight is 250 g/mol. The summed E-state index contributed by atoms with van der Waals surface area (Å²) < 4.78 is 0. The zero-order valence-electron chi connectivity index (χ0n) is 10.8. The minimum absolute atomic E-state index is 0.0340. The van der Waals surface area contributed by atoms with Crippen LogP contribution in [0, 0.1) is 15.5 Å². The van der Waals surface area contributed by atoms with Gasteiger partial charge in [0.05, 0.1) is 16.8 Å². The lowest BCUT2D eigenvalue weighted by Crippen LogP contribution is -2.29. The smallest absolute Gasteiger partial charge is 0.274 e. The lowest BCUT2D eigenvalue weighted by atomic mass is 9.97. The molecule has 0 radical (unpaired) electrons. The molecule has 0 aliphatic rings. The monoisotopic (exact) mass is 250 g/mol. The van der Waals surface area contributed by atoms with Crippen LogP contribution in [0.4, 0.5) is 5.69 Å². The molecule has 1 heterocycles. The summed E-state index contributed by atoms with van der Waals surface area (Å²) in [6, 6.07) is 3.55. The molecule has 0 atom stereocenters. The maximum atomic E-state index is 10.6. The number of aromatic nitrogens is 1. The fraction of sp³-hybridized carbons (Fsp3) is 0.417. The highest BCUT2D eigenvalue weighted by Gasteiger charge is 2.12. The first-order valence-corrected chi connectivity index (χ1v) is 5.63. The second-order valence-electron chi connectivity index (χ2n) is 5.11. The molecule has 1 aromatic heterocycles. The fourth-order valence-corrected chi connectivity index (χ4v) is 1.18. The summed E-state index contributed by atoms with van der Waals surface area (Å²) in [5, 5.41) is 16.5. The van der Waals surface area contributed by atoms with Gasteiger partial charge in [-0.15, -0.1) is 0 Å². The van der Waals surface area contributed by atoms with Gasteiger partial charge >= 0.3 is 0 Å². The number of nitrogens with one attached hydrogen (secondary N) is 2. The highest BCUT2D eigenvalue weighted by atomic mass is 16.6. The summed E-state index contributed by atoms with van der Waals surface area (Å²) in [4.78, 5) is 14.0. The molecule has 18 heavy (non-hydrogen) atoms. The Labute approximate surface area is 106 Å². The predicted octanol–water partition coefficient (Wildman–Crippen LogP) is 2.20. The molecule has 0 spiro atoms. The van der Waals surface area contributed by atoms with E-state index >= 15 is 0 Å². The van der Waals surface area contributed by atoms with Crippen LogP contribution >= 0.6 is 0 Å². The van der Waals surface area contributed by atoms with Crippen molar-refractivity contribution in [2.45, 2.75) is 20.8 Å². The second-order valence-corrected chi connectivity index (χ2v) is 5.11. The molecule has 98 valence electrons. The molecule has 2 N–H and O–H groups in total. The summed E-state index contributed by atoms with van der Waals surface area (Å²) in [6.45, 7) is 6.77. The number of hydrogen-bond acceptors (Lipinski definition) is 5. The Morgan fingerprint density at radius 3 is 2.78 bits per heavy atom. The van der Waals surface area contributed by atoms with Crippen molar-refractivity contribution < 1.29 is 4.92 Å². The Bertz CT molecular complexity index is 423. The molecule has 0 aliphatic heterocycles. The first-order chi connectivity index (χ1) is 8.37. The summed E-state index contributed by atoms with van der Waals surface area (Å²) in [5.74, 6) is 0.350. The highest BCUT2D eigenvalue weighted by Crippen LogP contribution is 2.12. The van der Waals surface area contributed by atoms with Crippen molar-refractivity contribution in [2.75, 3.05) is 11.9 Å². The summed E-state index contributed by atoms with van der Waals surface area (Å²) in [5.41, 5.74) is 0.735. The highest BCUT2D eigenvalue weighted by molar-refractivity contribution is 5.44. The van der Waals surface area contributed by atoms with Gasteiger partial charge in [0, 0.05) is 12.7 Å². The zero-order valence-corrected chi connectivity index (χ0v) is 10.8. The van der Waals surface area contributed by atoms with E-state index in [9.17, 15) is 10.1 Å². The summed E-state index contributed by atoms with van der Waals surface area (Å²) in [7, 11) is 0. The Morgan fingerprint density at radius 2 is 2.28 bits per heavy atom. The van der Waals surface area contributed by atoms with Crippen LogP contribution in [0.2, 0.25) is 0 Å². The summed E-state index contributed by atoms with van der Waals surface area (Å²) >= 11 is 0. The molecule has 0 bridgehead atoms. The molecular weight excluding hydrogens is 232 g/mol. The Morgan fingerprint density at radius 1 is 1.56 bits per heavy atom. The minimum Gasteiger partial charge on any atom is -0.366 e. The lowest BCUT2D eigenvalue weighted by molar-refractivity contribution is -0.403. The van der Waals surface area contributed by atoms with Crippen LogP contribution in [-0.2, 0) is 0 Å². The van der Waals surface area contributed by atoms with E-state index in [1.165, 1.54) is 0 Å². The SMILES string of the molecule is CC(C)(C)CN/C(=C\[N+](=O)[O-])Nc1cccnc1. The van der Waals surface area contributed by atoms with Gasteiger partial charge in [-0.1, -0.05) is 20.8 Å². The standard InChI is InChI=1S/C12H18N4O2/c1-12(2,3)9-14-11(8-16(17)18)15-10-5-4-6-13-7-10/h4-8,14-15H,9H2,1-3H3/b11-8+. The molecule has 6 nitrogen and oxygen atoms in total. The number of rotatable bonds is 5. The third-order valence-corrected chi connectivity index (χ3v) is 1.98. The minimum atomic E-state index is -0.492. The molecule has 0 saturated heterocycles. The molecule has 0 aliphatic carbocycles. The molecule has 0 saturated carbocycles. The Hall–Kier alpha value is -2.11. The molecule has 1 rings (SSSR count). The average Bonchev–Trinajstić information content (AvgIpc) is 2.25. The van der Waals surface area contributed by atoms with E-state index < -0.39 is 4.92 Å². The van der Waals surface area contributed by atoms with Crippen LogP contribution in [0.1, 0.15) is 20.8 Å². The van der Waals surface area contributed by atoms with E-state index in [-0.39, 0.29) is 5.41 Å². The van der Waals surface area contributed by atoms with Crippen LogP contribution in [-0.4, -0.2) is 16.5 Å². The predicted molar refractivity (Wildman–Crippen MR) is 70.4 cm³/mol. The molecular formula is C12H18N4O2. The zero-order chi connectivity index (χ0) is 13.6. The largest absolute Gasteiger partial charge is 0.366 e. The van der Waals surface area contributed by atoms with Gasteiger partial charge < -0.3 is 10.6 Å². The van der Waals surface area contributed by atoms with Crippen molar-refractivity contribution in [1.29, 1.82) is 0 Å². The molecule has 0 amide bonds. The third kappa shape index (κ3) is 5.83. The van der Waals surface area contributed by atoms with Gasteiger partial charge in [-0.3, -0.25) is 15.1 Å². The maximum Gasteiger partial charge on any atom is 0.274 e. The van der Waals surface area contributed by atoms with Crippen molar-refractivity contribution in [3.63, 3.8) is 0 Å². The quantitative estimate of drug-likeness (QED) is 0.618. The first-order valence-electron chi connectivity index (χ1n) is 5.63. The van der Waals surface area contributed by atoms with E-state index in [1.54, 1.807) is 24.5 Å². The number of nitro groups is 1. The van der Waals surface area contributed by atoms with Gasteiger partial charge in [-0.05, 0) is 17.5 Å². The van der Waals surface area contributed by atoms with Crippen molar-refractivity contribution in [1.82, 2.24) is 10.3 Å². The number of nitrogens with zero attached hydrogens (tertiary/aromatic N) is 2. The maximum absolute atomic E-state index is 10.6. The Balaban J connectivity index is 2.71. The Kier molecular flexibility index (Phi) is 4.65. The van der Waals surface area contributed by atoms with Gasteiger partial charge in [0.25, 0.3) is 6.20 Å². The van der Waals surface area contributed by atoms with Crippen molar-refractivity contribution >= 4 is 5.69 Å². The van der Waals surface area contributed by atoms with Crippen LogP contribution < -0.4 is 10.6 Å². The van der Waals surface area contributed by atoms with Crippen molar-refractivity contribution in [2.24, 2.45) is 5.41 Å². The molecule has 0 aromatic carbocycles. The number of anilines is 1. The van der Waals surface area contributed by atoms with E-state index in [4.69, 9.17) is 0 Å². The van der Waals surface area contributed by atoms with Crippen LogP contribution in [0.5, 0.6) is 0 Å². The van der Waals surface area contributed by atoms with E-state index in [1.807, 2.05) is 20.8 Å². The van der Waals surface area contributed by atoms with E-state index in [2.05, 4.69) is 15.6 Å². The summed E-state index contributed by atoms with van der Waals surface area (Å²) in [6.07, 6.45) is 4.16. The van der Waals surface area contributed by atoms with Crippen molar-refractivity contribution in [3.8, 4) is 0 Å².